The lowest BCUT2D eigenvalue weighted by Crippen LogP contribution is -2.36. The normalized spacial score (nSPS) is 13.4. The van der Waals surface area contributed by atoms with Gasteiger partial charge in [0, 0.05) is 24.3 Å². The van der Waals surface area contributed by atoms with Crippen LogP contribution in [0.3, 0.4) is 0 Å². The van der Waals surface area contributed by atoms with Gasteiger partial charge < -0.3 is 9.64 Å². The van der Waals surface area contributed by atoms with Crippen molar-refractivity contribution >= 4 is 17.8 Å². The zero-order valence-corrected chi connectivity index (χ0v) is 11.4. The third-order valence-corrected chi connectivity index (χ3v) is 1.96. The van der Waals surface area contributed by atoms with E-state index >= 15 is 0 Å². The monoisotopic (exact) mass is 269 g/mol. The van der Waals surface area contributed by atoms with Crippen molar-refractivity contribution in [1.82, 2.24) is 9.91 Å². The summed E-state index contributed by atoms with van der Waals surface area (Å²) in [6, 6.07) is 0. The third kappa shape index (κ3) is 7.12. The van der Waals surface area contributed by atoms with Crippen molar-refractivity contribution in [3.05, 3.63) is 24.3 Å². The molecule has 1 aliphatic heterocycles. The number of nitrogens with zero attached hydrogens (tertiary/aromatic N) is 2. The van der Waals surface area contributed by atoms with Crippen molar-refractivity contribution in [2.45, 2.75) is 6.92 Å². The summed E-state index contributed by atoms with van der Waals surface area (Å²) in [5, 5.41) is 0.556. The van der Waals surface area contributed by atoms with E-state index in [2.05, 4.69) is 6.58 Å². The zero-order valence-electron chi connectivity index (χ0n) is 11.4. The van der Waals surface area contributed by atoms with Gasteiger partial charge in [0.15, 0.2) is 0 Å². The summed E-state index contributed by atoms with van der Waals surface area (Å²) in [6.07, 6.45) is 2.25. The Hall–Kier alpha value is -1.99. The second kappa shape index (κ2) is 8.17. The predicted molar refractivity (Wildman–Crippen MR) is 69.5 cm³/mol. The number of rotatable bonds is 4. The van der Waals surface area contributed by atoms with E-state index < -0.39 is 11.8 Å². The number of hydrazine groups is 1. The molecule has 2 N–H and O–H groups in total. The number of hydrogen-bond acceptors (Lipinski definition) is 6. The highest BCUT2D eigenvalue weighted by Gasteiger charge is 2.18. The van der Waals surface area contributed by atoms with E-state index in [1.165, 1.54) is 0 Å². The Balaban J connectivity index is 0.000000356. The van der Waals surface area contributed by atoms with Crippen molar-refractivity contribution in [2.24, 2.45) is 5.84 Å². The predicted octanol–water partition coefficient (Wildman–Crippen LogP) is -0.548. The molecule has 0 saturated heterocycles. The van der Waals surface area contributed by atoms with Crippen molar-refractivity contribution in [3.8, 4) is 0 Å². The lowest BCUT2D eigenvalue weighted by molar-refractivity contribution is -0.139. The number of nitrogens with two attached hydrogens (primary N) is 1. The van der Waals surface area contributed by atoms with Gasteiger partial charge in [-0.25, -0.2) is 15.6 Å². The highest BCUT2D eigenvalue weighted by Crippen LogP contribution is 1.94. The van der Waals surface area contributed by atoms with Gasteiger partial charge in [-0.2, -0.15) is 0 Å². The maximum absolute atomic E-state index is 10.8. The lowest BCUT2D eigenvalue weighted by atomic mass is 10.4. The summed E-state index contributed by atoms with van der Waals surface area (Å²) in [4.78, 5) is 33.3. The standard InChI is InChI=1S/C8H15NO2.C4H4N2O2/c1-7(2)8(10)11-6-5-9(3)4;5-6-3(7)1-2-4(6)8/h1,5-6H2,2-4H3;1-2H,5H2. The summed E-state index contributed by atoms with van der Waals surface area (Å²) < 4.78 is 4.83. The average molecular weight is 269 g/mol. The number of hydrogen-bond donors (Lipinski definition) is 1. The number of likely N-dealkylation sites (N-methyl/N-ethyl adjacent to an activating group) is 1. The smallest absolute Gasteiger partial charge is 0.333 e. The number of carbonyl (C=O) groups excluding carboxylic acids is 3. The van der Waals surface area contributed by atoms with Crippen molar-refractivity contribution in [3.63, 3.8) is 0 Å². The molecule has 2 amide bonds. The summed E-state index contributed by atoms with van der Waals surface area (Å²) in [6.45, 7) is 6.28. The summed E-state index contributed by atoms with van der Waals surface area (Å²) in [5.41, 5.74) is 0.448. The van der Waals surface area contributed by atoms with Crippen molar-refractivity contribution in [2.75, 3.05) is 27.2 Å². The van der Waals surface area contributed by atoms with Gasteiger partial charge in [-0.15, -0.1) is 0 Å². The Morgan fingerprint density at radius 3 is 2.11 bits per heavy atom. The van der Waals surface area contributed by atoms with Crippen LogP contribution in [0, 0.1) is 0 Å². The summed E-state index contributed by atoms with van der Waals surface area (Å²) in [5.74, 6) is 3.65. The van der Waals surface area contributed by atoms with Gasteiger partial charge in [0.2, 0.25) is 0 Å². The minimum atomic E-state index is -0.463. The molecule has 0 aromatic heterocycles. The molecule has 106 valence electrons. The van der Waals surface area contributed by atoms with Crippen LogP contribution >= 0.6 is 0 Å². The molecule has 0 atom stereocenters. The Kier molecular flexibility index (Phi) is 7.32. The van der Waals surface area contributed by atoms with Gasteiger partial charge in [0.05, 0.1) is 0 Å². The first-order chi connectivity index (χ1) is 8.75. The first kappa shape index (κ1) is 17.0. The number of amides is 2. The molecule has 1 rings (SSSR count). The molecule has 1 aliphatic rings. The molecular weight excluding hydrogens is 250 g/mol. The summed E-state index contributed by atoms with van der Waals surface area (Å²) >= 11 is 0. The van der Waals surface area contributed by atoms with Gasteiger partial charge in [-0.05, 0) is 21.0 Å². The van der Waals surface area contributed by atoms with Crippen LogP contribution in [0.4, 0.5) is 0 Å². The van der Waals surface area contributed by atoms with E-state index in [0.29, 0.717) is 17.2 Å². The van der Waals surface area contributed by atoms with E-state index in [-0.39, 0.29) is 5.97 Å². The molecule has 0 aliphatic carbocycles. The average Bonchev–Trinajstić information content (AvgIpc) is 2.60. The minimum absolute atomic E-state index is 0.313. The molecule has 7 heteroatoms. The van der Waals surface area contributed by atoms with Crippen LogP contribution in [0.2, 0.25) is 0 Å². The molecule has 0 saturated carbocycles. The molecule has 1 heterocycles. The molecule has 7 nitrogen and oxygen atoms in total. The van der Waals surface area contributed by atoms with Crippen LogP contribution in [0.25, 0.3) is 0 Å². The maximum Gasteiger partial charge on any atom is 0.333 e. The third-order valence-electron chi connectivity index (χ3n) is 1.96. The van der Waals surface area contributed by atoms with E-state index in [9.17, 15) is 14.4 Å². The molecule has 0 radical (unpaired) electrons. The van der Waals surface area contributed by atoms with Gasteiger partial charge in [-0.1, -0.05) is 6.58 Å². The topological polar surface area (TPSA) is 92.9 Å². The van der Waals surface area contributed by atoms with Crippen LogP contribution in [0.15, 0.2) is 24.3 Å². The van der Waals surface area contributed by atoms with Gasteiger partial charge in [0.25, 0.3) is 11.8 Å². The lowest BCUT2D eigenvalue weighted by Gasteiger charge is -2.09. The second-order valence-electron chi connectivity index (χ2n) is 4.10. The molecule has 0 fully saturated rings. The maximum atomic E-state index is 10.8. The molecule has 0 unspecified atom stereocenters. The Bertz CT molecular complexity index is 384. The van der Waals surface area contributed by atoms with Crippen molar-refractivity contribution < 1.29 is 19.1 Å². The molecule has 0 aromatic rings. The first-order valence-electron chi connectivity index (χ1n) is 5.54. The number of carbonyl (C=O) groups is 3. The Morgan fingerprint density at radius 1 is 1.37 bits per heavy atom. The molecule has 0 aromatic carbocycles. The largest absolute Gasteiger partial charge is 0.461 e. The Morgan fingerprint density at radius 2 is 1.84 bits per heavy atom. The van der Waals surface area contributed by atoms with Crippen LogP contribution < -0.4 is 5.84 Å². The van der Waals surface area contributed by atoms with Crippen molar-refractivity contribution in [1.29, 1.82) is 0 Å². The van der Waals surface area contributed by atoms with Gasteiger partial charge in [-0.3, -0.25) is 9.59 Å². The highest BCUT2D eigenvalue weighted by atomic mass is 16.5. The van der Waals surface area contributed by atoms with Gasteiger partial charge in [0.1, 0.15) is 6.61 Å². The van der Waals surface area contributed by atoms with Crippen LogP contribution in [0.5, 0.6) is 0 Å². The number of ether oxygens (including phenoxy) is 1. The fourth-order valence-corrected chi connectivity index (χ4v) is 0.856. The highest BCUT2D eigenvalue weighted by molar-refractivity contribution is 6.12. The minimum Gasteiger partial charge on any atom is -0.461 e. The second-order valence-corrected chi connectivity index (χ2v) is 4.10. The van der Waals surface area contributed by atoms with E-state index in [0.717, 1.165) is 18.7 Å². The van der Waals surface area contributed by atoms with E-state index in [1.807, 2.05) is 19.0 Å². The zero-order chi connectivity index (χ0) is 15.0. The fourth-order valence-electron chi connectivity index (χ4n) is 0.856. The van der Waals surface area contributed by atoms with Crippen LogP contribution in [-0.2, 0) is 19.1 Å². The van der Waals surface area contributed by atoms with Crippen LogP contribution in [-0.4, -0.2) is 54.9 Å². The van der Waals surface area contributed by atoms with Crippen LogP contribution in [0.1, 0.15) is 6.92 Å². The summed E-state index contributed by atoms with van der Waals surface area (Å²) in [7, 11) is 3.85. The number of imide groups is 1. The van der Waals surface area contributed by atoms with E-state index in [1.54, 1.807) is 6.92 Å². The molecule has 19 heavy (non-hydrogen) atoms. The quantitative estimate of drug-likeness (QED) is 0.242. The molecule has 0 bridgehead atoms. The number of esters is 1. The molecular formula is C12H19N3O4. The molecule has 0 spiro atoms. The van der Waals surface area contributed by atoms with E-state index in [4.69, 9.17) is 10.6 Å². The Labute approximate surface area is 112 Å². The first-order valence-corrected chi connectivity index (χ1v) is 5.54. The fraction of sp³-hybridized carbons (Fsp3) is 0.417. The SMILES string of the molecule is C=C(C)C(=O)OCCN(C)C.NN1C(=O)C=CC1=O. The van der Waals surface area contributed by atoms with Gasteiger partial charge >= 0.3 is 5.97 Å².